The molecule has 0 aliphatic heterocycles. The van der Waals surface area contributed by atoms with E-state index in [9.17, 15) is 14.3 Å². The van der Waals surface area contributed by atoms with Crippen LogP contribution in [-0.4, -0.2) is 70.7 Å². The Bertz CT molecular complexity index is 1370. The summed E-state index contributed by atoms with van der Waals surface area (Å²) in [5.41, 5.74) is 0. The van der Waals surface area contributed by atoms with Gasteiger partial charge in [0, 0.05) is 6.61 Å². The number of unbranched alkanes of at least 4 members (excludes halogenated alkanes) is 13. The summed E-state index contributed by atoms with van der Waals surface area (Å²) in [5.74, 6) is -0.464. The van der Waals surface area contributed by atoms with Gasteiger partial charge in [0.15, 0.2) is 0 Å². The zero-order valence-electron chi connectivity index (χ0n) is 40.7. The largest absolute Gasteiger partial charge is 0.756 e. The number of likely N-dealkylation sites (N-methyl/N-ethyl adjacent to an activating group) is 1. The summed E-state index contributed by atoms with van der Waals surface area (Å²) < 4.78 is 34.5. The number of phosphoric ester groups is 1. The fourth-order valence-corrected chi connectivity index (χ4v) is 6.87. The minimum absolute atomic E-state index is 0.00389. The van der Waals surface area contributed by atoms with Crippen LogP contribution in [-0.2, 0) is 27.9 Å². The van der Waals surface area contributed by atoms with E-state index in [1.165, 1.54) is 77.0 Å². The second kappa shape index (κ2) is 45.7. The standard InChI is InChI=1S/C54H92NO7P/c1-6-8-10-12-14-16-18-20-22-23-24-25-26-27-28-29-30-31-32-34-36-38-40-42-44-46-49-59-51-53(52-61-63(57,58)60-50-48-55(3,4)5)62-54(56)47-45-43-41-39-37-35-33-21-19-17-15-13-11-9-7-2/h8-11,14-17,20-22,24-25,33,37,39,43,45,53H,6-7,12-13,18-19,23,26-32,34-36,38,40-42,44,46-52H2,1-5H3/b10-8-,11-9-,16-14-,17-15-,22-20-,25-24-,33-21-,39-37-,45-43-. The molecule has 63 heavy (non-hydrogen) atoms. The van der Waals surface area contributed by atoms with E-state index in [0.717, 1.165) is 64.2 Å². The van der Waals surface area contributed by atoms with Crippen LogP contribution in [0.4, 0.5) is 0 Å². The lowest BCUT2D eigenvalue weighted by Gasteiger charge is -2.28. The predicted octanol–water partition coefficient (Wildman–Crippen LogP) is 14.5. The third-order valence-electron chi connectivity index (χ3n) is 9.85. The quantitative estimate of drug-likeness (QED) is 0.0198. The lowest BCUT2D eigenvalue weighted by molar-refractivity contribution is -0.870. The molecule has 8 nitrogen and oxygen atoms in total. The molecule has 0 spiro atoms. The zero-order valence-corrected chi connectivity index (χ0v) is 41.6. The first-order chi connectivity index (χ1) is 30.6. The van der Waals surface area contributed by atoms with Gasteiger partial charge in [-0.15, -0.1) is 0 Å². The molecule has 0 saturated carbocycles. The zero-order chi connectivity index (χ0) is 46.2. The molecule has 0 aromatic carbocycles. The van der Waals surface area contributed by atoms with Crippen molar-refractivity contribution >= 4 is 13.8 Å². The third kappa shape index (κ3) is 50.0. The predicted molar refractivity (Wildman–Crippen MR) is 268 cm³/mol. The van der Waals surface area contributed by atoms with Crippen LogP contribution in [0.2, 0.25) is 0 Å². The number of allylic oxidation sites excluding steroid dienone is 17. The molecule has 0 aliphatic rings. The van der Waals surface area contributed by atoms with Gasteiger partial charge >= 0.3 is 5.97 Å². The van der Waals surface area contributed by atoms with Crippen LogP contribution in [0, 0.1) is 0 Å². The summed E-state index contributed by atoms with van der Waals surface area (Å²) >= 11 is 0. The Balaban J connectivity index is 4.20. The number of quaternary nitrogens is 1. The molecule has 0 fully saturated rings. The van der Waals surface area contributed by atoms with Gasteiger partial charge in [-0.25, -0.2) is 0 Å². The summed E-state index contributed by atoms with van der Waals surface area (Å²) in [7, 11) is 1.28. The minimum Gasteiger partial charge on any atom is -0.756 e. The van der Waals surface area contributed by atoms with Crippen LogP contribution in [0.15, 0.2) is 109 Å². The molecular weight excluding hydrogens is 806 g/mol. The molecule has 0 rings (SSSR count). The molecule has 0 aromatic heterocycles. The molecule has 0 heterocycles. The van der Waals surface area contributed by atoms with Gasteiger partial charge in [0.1, 0.15) is 19.3 Å². The molecule has 9 heteroatoms. The summed E-state index contributed by atoms with van der Waals surface area (Å²) in [5, 5.41) is 0. The topological polar surface area (TPSA) is 94.1 Å². The van der Waals surface area contributed by atoms with E-state index in [2.05, 4.69) is 111 Å². The van der Waals surface area contributed by atoms with Crippen molar-refractivity contribution in [2.45, 2.75) is 174 Å². The van der Waals surface area contributed by atoms with Crippen molar-refractivity contribution in [1.82, 2.24) is 0 Å². The number of carbonyl (C=O) groups is 1. The normalized spacial score (nSPS) is 14.6. The van der Waals surface area contributed by atoms with E-state index in [1.807, 2.05) is 27.2 Å². The van der Waals surface area contributed by atoms with E-state index in [-0.39, 0.29) is 26.2 Å². The first-order valence-electron chi connectivity index (χ1n) is 24.6. The Hall–Kier alpha value is -2.84. The fraction of sp³-hybridized carbons (Fsp3) is 0.648. The monoisotopic (exact) mass is 898 g/mol. The van der Waals surface area contributed by atoms with Gasteiger partial charge in [-0.2, -0.15) is 0 Å². The molecule has 2 atom stereocenters. The smallest absolute Gasteiger partial charge is 0.310 e. The summed E-state index contributed by atoms with van der Waals surface area (Å²) in [6.07, 6.45) is 64.4. The number of phosphoric acid groups is 1. The Morgan fingerprint density at radius 1 is 0.492 bits per heavy atom. The number of esters is 1. The van der Waals surface area contributed by atoms with Crippen molar-refractivity contribution in [3.05, 3.63) is 109 Å². The molecule has 0 N–H and O–H groups in total. The van der Waals surface area contributed by atoms with Crippen molar-refractivity contribution in [3.8, 4) is 0 Å². The lowest BCUT2D eigenvalue weighted by atomic mass is 10.0. The molecule has 2 unspecified atom stereocenters. The highest BCUT2D eigenvalue weighted by Gasteiger charge is 2.20. The van der Waals surface area contributed by atoms with Crippen LogP contribution < -0.4 is 4.89 Å². The van der Waals surface area contributed by atoms with E-state index in [4.69, 9.17) is 18.5 Å². The Kier molecular flexibility index (Phi) is 43.7. The molecule has 360 valence electrons. The first-order valence-corrected chi connectivity index (χ1v) is 26.1. The van der Waals surface area contributed by atoms with Gasteiger partial charge in [0.05, 0.1) is 40.8 Å². The van der Waals surface area contributed by atoms with Gasteiger partial charge < -0.3 is 27.9 Å². The number of hydrogen-bond acceptors (Lipinski definition) is 7. The summed E-state index contributed by atoms with van der Waals surface area (Å²) in [6, 6.07) is 0. The second-order valence-electron chi connectivity index (χ2n) is 17.1. The van der Waals surface area contributed by atoms with Crippen molar-refractivity contribution in [2.75, 3.05) is 54.1 Å². The number of carbonyl (C=O) groups excluding carboxylic acids is 1. The van der Waals surface area contributed by atoms with E-state index in [0.29, 0.717) is 24.1 Å². The van der Waals surface area contributed by atoms with Gasteiger partial charge in [0.25, 0.3) is 7.82 Å². The highest BCUT2D eigenvalue weighted by molar-refractivity contribution is 7.45. The fourth-order valence-electron chi connectivity index (χ4n) is 6.14. The third-order valence-corrected chi connectivity index (χ3v) is 10.8. The van der Waals surface area contributed by atoms with Crippen molar-refractivity contribution in [3.63, 3.8) is 0 Å². The molecule has 0 amide bonds. The maximum Gasteiger partial charge on any atom is 0.310 e. The molecule has 0 radical (unpaired) electrons. The van der Waals surface area contributed by atoms with E-state index in [1.54, 1.807) is 6.08 Å². The van der Waals surface area contributed by atoms with E-state index >= 15 is 0 Å². The Morgan fingerprint density at radius 2 is 0.873 bits per heavy atom. The highest BCUT2D eigenvalue weighted by Crippen LogP contribution is 2.38. The highest BCUT2D eigenvalue weighted by atomic mass is 31.2. The Morgan fingerprint density at radius 3 is 1.30 bits per heavy atom. The van der Waals surface area contributed by atoms with Crippen molar-refractivity contribution in [2.24, 2.45) is 0 Å². The van der Waals surface area contributed by atoms with Crippen LogP contribution >= 0.6 is 7.82 Å². The van der Waals surface area contributed by atoms with Gasteiger partial charge in [0.2, 0.25) is 0 Å². The van der Waals surface area contributed by atoms with Crippen LogP contribution in [0.25, 0.3) is 0 Å². The molecule has 0 aromatic rings. The first kappa shape index (κ1) is 60.2. The summed E-state index contributed by atoms with van der Waals surface area (Å²) in [6.45, 7) is 5.02. The minimum atomic E-state index is -4.56. The lowest BCUT2D eigenvalue weighted by Crippen LogP contribution is -2.37. The number of nitrogens with zero attached hydrogens (tertiary/aromatic N) is 1. The van der Waals surface area contributed by atoms with Crippen LogP contribution in [0.5, 0.6) is 0 Å². The summed E-state index contributed by atoms with van der Waals surface area (Å²) in [4.78, 5) is 25.0. The van der Waals surface area contributed by atoms with Crippen LogP contribution in [0.3, 0.4) is 0 Å². The van der Waals surface area contributed by atoms with Crippen LogP contribution in [0.1, 0.15) is 168 Å². The van der Waals surface area contributed by atoms with Crippen molar-refractivity contribution < 1.29 is 37.3 Å². The number of rotatable bonds is 44. The second-order valence-corrected chi connectivity index (χ2v) is 18.5. The maximum absolute atomic E-state index is 12.6. The number of hydrogen-bond donors (Lipinski definition) is 0. The average Bonchev–Trinajstić information content (AvgIpc) is 3.24. The molecule has 0 aliphatic carbocycles. The van der Waals surface area contributed by atoms with Gasteiger partial charge in [-0.05, 0) is 77.0 Å². The average molecular weight is 898 g/mol. The SMILES string of the molecule is CC/C=C\C/C=C\C/C=C\C/C=C\C/C=C\CC(=O)OC(COCCCCCCCCCCCCCCC/C=C\C/C=C\C/C=C\C/C=C\CC)COP(=O)([O-])OCC[N+](C)(C)C. The number of ether oxygens (including phenoxy) is 2. The van der Waals surface area contributed by atoms with E-state index < -0.39 is 19.9 Å². The van der Waals surface area contributed by atoms with Gasteiger partial charge in [-0.1, -0.05) is 194 Å². The molecule has 0 bridgehead atoms. The Labute approximate surface area is 387 Å². The molecule has 0 saturated heterocycles. The maximum atomic E-state index is 12.6. The van der Waals surface area contributed by atoms with Gasteiger partial charge in [-0.3, -0.25) is 9.36 Å². The molecular formula is C54H92NO7P. The van der Waals surface area contributed by atoms with Crippen molar-refractivity contribution in [1.29, 1.82) is 0 Å².